The van der Waals surface area contributed by atoms with E-state index in [1.165, 1.54) is 0 Å². The zero-order valence-electron chi connectivity index (χ0n) is 7.39. The molecule has 0 radical (unpaired) electrons. The molecule has 2 aliphatic rings. The summed E-state index contributed by atoms with van der Waals surface area (Å²) in [6.45, 7) is 2.07. The number of carbonyl (C=O) groups is 1. The van der Waals surface area contributed by atoms with Gasteiger partial charge in [0.2, 0.25) is 5.91 Å². The molecule has 2 N–H and O–H groups in total. The molecule has 0 heterocycles. The lowest BCUT2D eigenvalue weighted by Gasteiger charge is -2.17. The number of amides is 1. The van der Waals surface area contributed by atoms with Crippen LogP contribution < -0.4 is 5.32 Å². The Hall–Kier alpha value is -0.570. The Labute approximate surface area is 72.2 Å². The van der Waals surface area contributed by atoms with Crippen molar-refractivity contribution >= 4 is 5.91 Å². The van der Waals surface area contributed by atoms with E-state index in [-0.39, 0.29) is 23.5 Å². The zero-order chi connectivity index (χ0) is 8.82. The first-order valence-corrected chi connectivity index (χ1v) is 4.54. The van der Waals surface area contributed by atoms with Crippen molar-refractivity contribution in [1.29, 1.82) is 0 Å². The first kappa shape index (κ1) is 8.05. The van der Waals surface area contributed by atoms with Gasteiger partial charge in [0, 0.05) is 5.41 Å². The molecular weight excluding hydrogens is 154 g/mol. The standard InChI is InChI=1S/C9H15NO2/c1-8(2-3-8)7(12)10-9(6-11)4-5-9/h11H,2-6H2,1H3,(H,10,12). The van der Waals surface area contributed by atoms with Crippen LogP contribution >= 0.6 is 0 Å². The highest BCUT2D eigenvalue weighted by Crippen LogP contribution is 2.46. The Morgan fingerprint density at radius 1 is 1.42 bits per heavy atom. The third-order valence-electron chi connectivity index (χ3n) is 3.08. The summed E-state index contributed by atoms with van der Waals surface area (Å²) in [5, 5.41) is 11.9. The van der Waals surface area contributed by atoms with Crippen LogP contribution in [0.15, 0.2) is 0 Å². The minimum absolute atomic E-state index is 0.0921. The monoisotopic (exact) mass is 169 g/mol. The van der Waals surface area contributed by atoms with Gasteiger partial charge in [0.15, 0.2) is 0 Å². The van der Waals surface area contributed by atoms with Gasteiger partial charge < -0.3 is 10.4 Å². The lowest BCUT2D eigenvalue weighted by molar-refractivity contribution is -0.127. The second-order valence-corrected chi connectivity index (χ2v) is 4.45. The lowest BCUT2D eigenvalue weighted by atomic mass is 10.1. The molecule has 0 aromatic carbocycles. The fourth-order valence-corrected chi connectivity index (χ4v) is 1.28. The van der Waals surface area contributed by atoms with Crippen molar-refractivity contribution < 1.29 is 9.90 Å². The molecule has 12 heavy (non-hydrogen) atoms. The van der Waals surface area contributed by atoms with Crippen LogP contribution in [0.1, 0.15) is 32.6 Å². The van der Waals surface area contributed by atoms with Gasteiger partial charge in [0.25, 0.3) is 0 Å². The van der Waals surface area contributed by atoms with Crippen molar-refractivity contribution in [3.63, 3.8) is 0 Å². The Bertz CT molecular complexity index is 217. The summed E-state index contributed by atoms with van der Waals surface area (Å²) in [6.07, 6.45) is 3.87. The molecule has 0 saturated heterocycles. The van der Waals surface area contributed by atoms with Crippen molar-refractivity contribution in [2.75, 3.05) is 6.61 Å². The minimum Gasteiger partial charge on any atom is -0.394 e. The number of carbonyl (C=O) groups excluding carboxylic acids is 1. The van der Waals surface area contributed by atoms with Gasteiger partial charge >= 0.3 is 0 Å². The van der Waals surface area contributed by atoms with Crippen molar-refractivity contribution in [3.05, 3.63) is 0 Å². The first-order chi connectivity index (χ1) is 5.60. The average molecular weight is 169 g/mol. The fraction of sp³-hybridized carbons (Fsp3) is 0.889. The van der Waals surface area contributed by atoms with Gasteiger partial charge in [0.1, 0.15) is 0 Å². The molecule has 2 saturated carbocycles. The summed E-state index contributed by atoms with van der Waals surface area (Å²) >= 11 is 0. The summed E-state index contributed by atoms with van der Waals surface area (Å²) in [5.41, 5.74) is -0.340. The highest BCUT2D eigenvalue weighted by molar-refractivity contribution is 5.85. The topological polar surface area (TPSA) is 49.3 Å². The van der Waals surface area contributed by atoms with Crippen LogP contribution in [-0.2, 0) is 4.79 Å². The summed E-state index contributed by atoms with van der Waals surface area (Å²) < 4.78 is 0. The molecule has 3 heteroatoms. The molecule has 2 rings (SSSR count). The van der Waals surface area contributed by atoms with Gasteiger partial charge in [-0.1, -0.05) is 6.92 Å². The van der Waals surface area contributed by atoms with Gasteiger partial charge in [-0.15, -0.1) is 0 Å². The number of aliphatic hydroxyl groups is 1. The second-order valence-electron chi connectivity index (χ2n) is 4.45. The van der Waals surface area contributed by atoms with E-state index in [1.807, 2.05) is 6.92 Å². The highest BCUT2D eigenvalue weighted by Gasteiger charge is 2.51. The van der Waals surface area contributed by atoms with Crippen LogP contribution in [0, 0.1) is 5.41 Å². The Morgan fingerprint density at radius 3 is 2.33 bits per heavy atom. The molecule has 1 amide bonds. The zero-order valence-corrected chi connectivity index (χ0v) is 7.39. The van der Waals surface area contributed by atoms with E-state index in [0.717, 1.165) is 25.7 Å². The number of nitrogens with one attached hydrogen (secondary N) is 1. The van der Waals surface area contributed by atoms with Gasteiger partial charge in [-0.3, -0.25) is 4.79 Å². The SMILES string of the molecule is CC1(C(=O)NC2(CO)CC2)CC1. The van der Waals surface area contributed by atoms with Crippen LogP contribution in [0.25, 0.3) is 0 Å². The normalized spacial score (nSPS) is 27.8. The largest absolute Gasteiger partial charge is 0.394 e. The molecular formula is C9H15NO2. The number of hydrogen-bond acceptors (Lipinski definition) is 2. The van der Waals surface area contributed by atoms with E-state index >= 15 is 0 Å². The molecule has 0 atom stereocenters. The van der Waals surface area contributed by atoms with E-state index in [9.17, 15) is 4.79 Å². The van der Waals surface area contributed by atoms with E-state index in [0.29, 0.717) is 0 Å². The fourth-order valence-electron chi connectivity index (χ4n) is 1.28. The summed E-state index contributed by atoms with van der Waals surface area (Å²) in [6, 6.07) is 0. The van der Waals surface area contributed by atoms with Gasteiger partial charge in [-0.05, 0) is 25.7 Å². The quantitative estimate of drug-likeness (QED) is 0.643. The third kappa shape index (κ3) is 1.22. The number of hydrogen-bond donors (Lipinski definition) is 2. The molecule has 2 fully saturated rings. The molecule has 0 spiro atoms. The third-order valence-corrected chi connectivity index (χ3v) is 3.08. The number of rotatable bonds is 3. The minimum atomic E-state index is -0.233. The molecule has 0 aromatic heterocycles. The molecule has 0 aliphatic heterocycles. The Balaban J connectivity index is 1.91. The van der Waals surface area contributed by atoms with E-state index in [4.69, 9.17) is 5.11 Å². The summed E-state index contributed by atoms with van der Waals surface area (Å²) in [4.78, 5) is 11.5. The van der Waals surface area contributed by atoms with Crippen LogP contribution in [-0.4, -0.2) is 23.2 Å². The summed E-state index contributed by atoms with van der Waals surface area (Å²) in [7, 11) is 0. The maximum Gasteiger partial charge on any atom is 0.226 e. The second kappa shape index (κ2) is 2.22. The van der Waals surface area contributed by atoms with Crippen molar-refractivity contribution in [3.8, 4) is 0 Å². The van der Waals surface area contributed by atoms with Gasteiger partial charge in [-0.25, -0.2) is 0 Å². The average Bonchev–Trinajstić information content (AvgIpc) is 2.90. The van der Waals surface area contributed by atoms with Crippen molar-refractivity contribution in [2.24, 2.45) is 5.41 Å². The Morgan fingerprint density at radius 2 is 2.00 bits per heavy atom. The van der Waals surface area contributed by atoms with Crippen LogP contribution in [0.4, 0.5) is 0 Å². The van der Waals surface area contributed by atoms with Gasteiger partial charge in [0.05, 0.1) is 12.1 Å². The van der Waals surface area contributed by atoms with Crippen LogP contribution in [0.3, 0.4) is 0 Å². The maximum atomic E-state index is 11.5. The molecule has 2 aliphatic carbocycles. The van der Waals surface area contributed by atoms with Crippen LogP contribution in [0.5, 0.6) is 0 Å². The molecule has 68 valence electrons. The molecule has 0 bridgehead atoms. The first-order valence-electron chi connectivity index (χ1n) is 4.54. The van der Waals surface area contributed by atoms with E-state index in [2.05, 4.69) is 5.32 Å². The molecule has 0 unspecified atom stereocenters. The number of aliphatic hydroxyl groups excluding tert-OH is 1. The summed E-state index contributed by atoms with van der Waals surface area (Å²) in [5.74, 6) is 0.133. The van der Waals surface area contributed by atoms with Crippen molar-refractivity contribution in [1.82, 2.24) is 5.32 Å². The van der Waals surface area contributed by atoms with E-state index in [1.54, 1.807) is 0 Å². The predicted octanol–water partition coefficient (Wildman–Crippen LogP) is 0.428. The van der Waals surface area contributed by atoms with Crippen LogP contribution in [0.2, 0.25) is 0 Å². The lowest BCUT2D eigenvalue weighted by Crippen LogP contribution is -2.42. The van der Waals surface area contributed by atoms with Gasteiger partial charge in [-0.2, -0.15) is 0 Å². The molecule has 0 aromatic rings. The Kier molecular flexibility index (Phi) is 1.49. The van der Waals surface area contributed by atoms with Crippen molar-refractivity contribution in [2.45, 2.75) is 38.1 Å². The highest BCUT2D eigenvalue weighted by atomic mass is 16.3. The smallest absolute Gasteiger partial charge is 0.226 e. The predicted molar refractivity (Wildman–Crippen MR) is 44.5 cm³/mol. The maximum absolute atomic E-state index is 11.5. The molecule has 3 nitrogen and oxygen atoms in total. The van der Waals surface area contributed by atoms with E-state index < -0.39 is 0 Å².